The highest BCUT2D eigenvalue weighted by atomic mass is 35.5. The van der Waals surface area contributed by atoms with Gasteiger partial charge in [0.2, 0.25) is 0 Å². The van der Waals surface area contributed by atoms with Crippen molar-refractivity contribution in [3.8, 4) is 0 Å². The van der Waals surface area contributed by atoms with Gasteiger partial charge in [-0.05, 0) is 56.2 Å². The van der Waals surface area contributed by atoms with Gasteiger partial charge in [-0.25, -0.2) is 9.37 Å². The summed E-state index contributed by atoms with van der Waals surface area (Å²) in [7, 11) is -3.93. The van der Waals surface area contributed by atoms with Crippen molar-refractivity contribution in [2.24, 2.45) is 0 Å². The van der Waals surface area contributed by atoms with E-state index in [9.17, 15) is 12.8 Å². The van der Waals surface area contributed by atoms with Gasteiger partial charge < -0.3 is 9.80 Å². The van der Waals surface area contributed by atoms with Gasteiger partial charge in [0.05, 0.1) is 32.6 Å². The van der Waals surface area contributed by atoms with Crippen molar-refractivity contribution in [2.75, 3.05) is 29.4 Å². The Morgan fingerprint density at radius 3 is 2.49 bits per heavy atom. The van der Waals surface area contributed by atoms with E-state index in [0.717, 1.165) is 28.3 Å². The number of pyridine rings is 1. The van der Waals surface area contributed by atoms with E-state index >= 15 is 0 Å². The molecule has 1 saturated heterocycles. The average Bonchev–Trinajstić information content (AvgIpc) is 3.48. The molecule has 6 rings (SSSR count). The van der Waals surface area contributed by atoms with Gasteiger partial charge in [-0.1, -0.05) is 35.4 Å². The fourth-order valence-electron chi connectivity index (χ4n) is 4.90. The minimum absolute atomic E-state index is 0.173. The number of hydrogen-bond donors (Lipinski definition) is 0. The van der Waals surface area contributed by atoms with Crippen LogP contribution >= 0.6 is 11.6 Å². The van der Waals surface area contributed by atoms with E-state index in [0.29, 0.717) is 41.4 Å². The highest BCUT2D eigenvalue weighted by molar-refractivity contribution is 7.90. The van der Waals surface area contributed by atoms with E-state index in [4.69, 9.17) is 11.6 Å². The highest BCUT2D eigenvalue weighted by Gasteiger charge is 2.53. The van der Waals surface area contributed by atoms with Gasteiger partial charge in [0.25, 0.3) is 10.0 Å². The first-order valence-electron chi connectivity index (χ1n) is 11.4. The minimum atomic E-state index is -3.93. The molecule has 1 aliphatic carbocycles. The van der Waals surface area contributed by atoms with E-state index in [1.54, 1.807) is 48.5 Å². The summed E-state index contributed by atoms with van der Waals surface area (Å²) >= 11 is 6.63. The van der Waals surface area contributed by atoms with Gasteiger partial charge in [-0.15, -0.1) is 5.10 Å². The summed E-state index contributed by atoms with van der Waals surface area (Å²) in [5.41, 5.74) is 1.22. The molecular weight excluding hydrogens is 489 g/mol. The molecule has 1 aliphatic heterocycles. The van der Waals surface area contributed by atoms with Gasteiger partial charge in [-0.2, -0.15) is 12.5 Å². The Hall–Kier alpha value is -3.17. The molecule has 4 aromatic rings. The molecule has 2 aromatic heterocycles. The predicted molar refractivity (Wildman–Crippen MR) is 134 cm³/mol. The molecule has 0 amide bonds. The largest absolute Gasteiger partial charge is 0.352 e. The normalized spacial score (nSPS) is 17.3. The molecule has 2 aliphatic rings. The Labute approximate surface area is 207 Å². The van der Waals surface area contributed by atoms with Crippen molar-refractivity contribution >= 4 is 44.2 Å². The van der Waals surface area contributed by atoms with E-state index in [1.165, 1.54) is 12.3 Å². The second-order valence-corrected chi connectivity index (χ2v) is 11.4. The number of fused-ring (bicyclic) bond motifs is 1. The molecule has 0 N–H and O–H groups in total. The van der Waals surface area contributed by atoms with Crippen LogP contribution in [0.1, 0.15) is 18.4 Å². The zero-order chi connectivity index (χ0) is 24.4. The molecule has 7 nitrogen and oxygen atoms in total. The van der Waals surface area contributed by atoms with Crippen molar-refractivity contribution in [3.63, 3.8) is 0 Å². The summed E-state index contributed by atoms with van der Waals surface area (Å²) in [5.74, 6) is 0.938. The number of piperazine rings is 1. The molecule has 2 aromatic carbocycles. The summed E-state index contributed by atoms with van der Waals surface area (Å²) in [4.78, 5) is 8.76. The molecule has 3 heterocycles. The first-order chi connectivity index (χ1) is 16.8. The van der Waals surface area contributed by atoms with E-state index in [1.807, 2.05) is 6.92 Å². The number of hydrogen-bond acceptors (Lipinski definition) is 6. The molecule has 10 heteroatoms. The number of aromatic nitrogens is 3. The van der Waals surface area contributed by atoms with Gasteiger partial charge in [-0.3, -0.25) is 0 Å². The Kier molecular flexibility index (Phi) is 5.05. The van der Waals surface area contributed by atoms with Crippen LogP contribution in [0.5, 0.6) is 0 Å². The maximum atomic E-state index is 13.6. The predicted octanol–water partition coefficient (Wildman–Crippen LogP) is 4.63. The van der Waals surface area contributed by atoms with Crippen LogP contribution in [-0.4, -0.2) is 47.8 Å². The minimum Gasteiger partial charge on any atom is -0.352 e. The summed E-state index contributed by atoms with van der Waals surface area (Å²) in [5, 5.41) is 5.76. The molecular formula is C25H23ClFN5O2S. The van der Waals surface area contributed by atoms with Crippen molar-refractivity contribution in [3.05, 3.63) is 77.2 Å². The van der Waals surface area contributed by atoms with Crippen LogP contribution in [-0.2, 0) is 10.0 Å². The lowest BCUT2D eigenvalue weighted by Crippen LogP contribution is -2.55. The standard InChI is InChI=1S/C25H23ClFN5O2S/c1-17-5-8-19(9-6-17)35(33,34)32-21-4-2-3-20(26)23(21)24(29-32)31-14-13-30(16-25(31)11-12-25)22-10-7-18(27)15-28-22/h2-10,15H,11-14,16H2,1H3. The first-order valence-corrected chi connectivity index (χ1v) is 13.2. The van der Waals surface area contributed by atoms with Gasteiger partial charge >= 0.3 is 0 Å². The molecule has 35 heavy (non-hydrogen) atoms. The van der Waals surface area contributed by atoms with Crippen molar-refractivity contribution in [2.45, 2.75) is 30.2 Å². The van der Waals surface area contributed by atoms with Crippen molar-refractivity contribution in [1.82, 2.24) is 14.2 Å². The average molecular weight is 512 g/mol. The van der Waals surface area contributed by atoms with Gasteiger partial charge in [0.15, 0.2) is 5.82 Å². The fourth-order valence-corrected chi connectivity index (χ4v) is 6.43. The Bertz CT molecular complexity index is 1530. The summed E-state index contributed by atoms with van der Waals surface area (Å²) < 4.78 is 41.7. The Morgan fingerprint density at radius 1 is 1.03 bits per heavy atom. The molecule has 0 unspecified atom stereocenters. The zero-order valence-corrected chi connectivity index (χ0v) is 20.6. The number of benzene rings is 2. The summed E-state index contributed by atoms with van der Waals surface area (Å²) in [6, 6.07) is 15.1. The van der Waals surface area contributed by atoms with Gasteiger partial charge in [0.1, 0.15) is 11.6 Å². The quantitative estimate of drug-likeness (QED) is 0.398. The van der Waals surface area contributed by atoms with Crippen LogP contribution in [0.2, 0.25) is 5.02 Å². The third kappa shape index (κ3) is 3.65. The number of anilines is 2. The third-order valence-electron chi connectivity index (χ3n) is 6.92. The van der Waals surface area contributed by atoms with Gasteiger partial charge in [0, 0.05) is 19.6 Å². The Balaban J connectivity index is 1.43. The second-order valence-electron chi connectivity index (χ2n) is 9.25. The number of nitrogens with zero attached hydrogens (tertiary/aromatic N) is 5. The molecule has 0 atom stereocenters. The number of halogens is 2. The monoisotopic (exact) mass is 511 g/mol. The maximum Gasteiger partial charge on any atom is 0.283 e. The summed E-state index contributed by atoms with van der Waals surface area (Å²) in [6.07, 6.45) is 3.11. The van der Waals surface area contributed by atoms with E-state index < -0.39 is 10.0 Å². The fraction of sp³-hybridized carbons (Fsp3) is 0.280. The molecule has 1 spiro atoms. The third-order valence-corrected chi connectivity index (χ3v) is 8.84. The van der Waals surface area contributed by atoms with Crippen molar-refractivity contribution < 1.29 is 12.8 Å². The molecule has 180 valence electrons. The topological polar surface area (TPSA) is 71.3 Å². The second kappa shape index (κ2) is 7.93. The summed E-state index contributed by atoms with van der Waals surface area (Å²) in [6.45, 7) is 3.85. The zero-order valence-electron chi connectivity index (χ0n) is 19.0. The number of rotatable bonds is 4. The molecule has 0 bridgehead atoms. The SMILES string of the molecule is Cc1ccc(S(=O)(=O)n2nc(N3CCN(c4ccc(F)cn4)CC34CC4)c3c(Cl)cccc32)cc1. The molecule has 2 fully saturated rings. The molecule has 1 saturated carbocycles. The lowest BCUT2D eigenvalue weighted by Gasteiger charge is -2.43. The lowest BCUT2D eigenvalue weighted by molar-refractivity contribution is 0.501. The van der Waals surface area contributed by atoms with Crippen LogP contribution in [0.4, 0.5) is 16.0 Å². The van der Waals surface area contributed by atoms with Crippen LogP contribution in [0.3, 0.4) is 0 Å². The van der Waals surface area contributed by atoms with Crippen molar-refractivity contribution in [1.29, 1.82) is 0 Å². The Morgan fingerprint density at radius 2 is 1.80 bits per heavy atom. The van der Waals surface area contributed by atoms with Crippen LogP contribution < -0.4 is 9.80 Å². The lowest BCUT2D eigenvalue weighted by atomic mass is 10.1. The maximum absolute atomic E-state index is 13.6. The molecule has 0 radical (unpaired) electrons. The van der Waals surface area contributed by atoms with Crippen LogP contribution in [0.15, 0.2) is 65.7 Å². The first kappa shape index (κ1) is 22.3. The number of aryl methyl sites for hydroxylation is 1. The highest BCUT2D eigenvalue weighted by Crippen LogP contribution is 2.49. The smallest absolute Gasteiger partial charge is 0.283 e. The van der Waals surface area contributed by atoms with Crippen LogP contribution in [0, 0.1) is 12.7 Å². The van der Waals surface area contributed by atoms with E-state index in [-0.39, 0.29) is 16.3 Å². The van der Waals surface area contributed by atoms with E-state index in [2.05, 4.69) is 19.9 Å². The van der Waals surface area contributed by atoms with Crippen LogP contribution in [0.25, 0.3) is 10.9 Å².